The Labute approximate surface area is 115 Å². The van der Waals surface area contributed by atoms with Gasteiger partial charge in [0.1, 0.15) is 5.75 Å². The van der Waals surface area contributed by atoms with E-state index in [9.17, 15) is 4.79 Å². The minimum atomic E-state index is -0.379. The zero-order valence-corrected chi connectivity index (χ0v) is 11.8. The molecule has 4 heteroatoms. The van der Waals surface area contributed by atoms with Crippen LogP contribution in [0.2, 0.25) is 0 Å². The van der Waals surface area contributed by atoms with E-state index in [1.165, 1.54) is 5.56 Å². The van der Waals surface area contributed by atoms with Crippen LogP contribution in [0.4, 0.5) is 0 Å². The van der Waals surface area contributed by atoms with Crippen LogP contribution in [0.25, 0.3) is 0 Å². The van der Waals surface area contributed by atoms with Gasteiger partial charge in [0.25, 0.3) is 0 Å². The van der Waals surface area contributed by atoms with E-state index in [2.05, 4.69) is 12.2 Å². The fourth-order valence-corrected chi connectivity index (χ4v) is 1.81. The Morgan fingerprint density at radius 2 is 2.05 bits per heavy atom. The van der Waals surface area contributed by atoms with E-state index in [0.29, 0.717) is 6.54 Å². The number of carbonyl (C=O) groups excluding carboxylic acids is 1. The van der Waals surface area contributed by atoms with Crippen LogP contribution in [0.1, 0.15) is 31.7 Å². The lowest BCUT2D eigenvalue weighted by Crippen LogP contribution is -2.41. The van der Waals surface area contributed by atoms with Crippen LogP contribution in [0.3, 0.4) is 0 Å². The Hall–Kier alpha value is -1.55. The van der Waals surface area contributed by atoms with E-state index in [1.807, 2.05) is 24.3 Å². The molecular formula is C15H24N2O2. The summed E-state index contributed by atoms with van der Waals surface area (Å²) in [6.45, 7) is 2.71. The molecule has 0 aliphatic heterocycles. The van der Waals surface area contributed by atoms with Crippen molar-refractivity contribution in [2.45, 2.75) is 38.6 Å². The first-order valence-corrected chi connectivity index (χ1v) is 6.83. The molecule has 0 heterocycles. The summed E-state index contributed by atoms with van der Waals surface area (Å²) in [7, 11) is 1.65. The minimum absolute atomic E-state index is 0.0537. The van der Waals surface area contributed by atoms with Gasteiger partial charge in [-0.2, -0.15) is 0 Å². The zero-order chi connectivity index (χ0) is 14.1. The molecule has 1 amide bonds. The second-order valence-electron chi connectivity index (χ2n) is 4.64. The molecule has 0 radical (unpaired) electrons. The molecule has 0 bridgehead atoms. The number of amides is 1. The first-order valence-electron chi connectivity index (χ1n) is 6.83. The van der Waals surface area contributed by atoms with Gasteiger partial charge >= 0.3 is 0 Å². The fraction of sp³-hybridized carbons (Fsp3) is 0.533. The van der Waals surface area contributed by atoms with Gasteiger partial charge in [-0.25, -0.2) is 0 Å². The molecule has 0 aliphatic rings. The van der Waals surface area contributed by atoms with Crippen molar-refractivity contribution in [3.8, 4) is 5.75 Å². The summed E-state index contributed by atoms with van der Waals surface area (Å²) < 4.78 is 5.09. The molecule has 1 aromatic carbocycles. The molecule has 0 saturated heterocycles. The van der Waals surface area contributed by atoms with Crippen LogP contribution in [-0.2, 0) is 11.2 Å². The van der Waals surface area contributed by atoms with Crippen molar-refractivity contribution >= 4 is 5.91 Å². The van der Waals surface area contributed by atoms with Crippen LogP contribution >= 0.6 is 0 Å². The second kappa shape index (κ2) is 8.53. The van der Waals surface area contributed by atoms with Crippen molar-refractivity contribution in [2.24, 2.45) is 5.73 Å². The maximum Gasteiger partial charge on any atom is 0.236 e. The Morgan fingerprint density at radius 1 is 1.37 bits per heavy atom. The third-order valence-electron chi connectivity index (χ3n) is 3.08. The molecule has 0 saturated carbocycles. The lowest BCUT2D eigenvalue weighted by Gasteiger charge is -2.11. The van der Waals surface area contributed by atoms with E-state index >= 15 is 0 Å². The molecule has 0 unspecified atom stereocenters. The van der Waals surface area contributed by atoms with Crippen LogP contribution < -0.4 is 15.8 Å². The van der Waals surface area contributed by atoms with Gasteiger partial charge in [-0.05, 0) is 30.5 Å². The molecule has 3 N–H and O–H groups in total. The molecule has 0 fully saturated rings. The quantitative estimate of drug-likeness (QED) is 0.753. The summed E-state index contributed by atoms with van der Waals surface area (Å²) in [5.74, 6) is 0.788. The number of carbonyl (C=O) groups is 1. The van der Waals surface area contributed by atoms with Gasteiger partial charge in [0, 0.05) is 6.54 Å². The van der Waals surface area contributed by atoms with Crippen molar-refractivity contribution in [3.05, 3.63) is 29.8 Å². The average Bonchev–Trinajstić information content (AvgIpc) is 2.45. The number of ether oxygens (including phenoxy) is 1. The smallest absolute Gasteiger partial charge is 0.236 e. The van der Waals surface area contributed by atoms with Crippen molar-refractivity contribution in [1.82, 2.24) is 5.32 Å². The predicted molar refractivity (Wildman–Crippen MR) is 77.2 cm³/mol. The molecule has 0 aliphatic carbocycles. The van der Waals surface area contributed by atoms with Crippen molar-refractivity contribution in [2.75, 3.05) is 13.7 Å². The summed E-state index contributed by atoms with van der Waals surface area (Å²) >= 11 is 0. The van der Waals surface area contributed by atoms with E-state index in [-0.39, 0.29) is 11.9 Å². The third kappa shape index (κ3) is 5.75. The SMILES string of the molecule is CCCC[C@H](N)C(=O)NCCc1ccc(OC)cc1. The third-order valence-corrected chi connectivity index (χ3v) is 3.08. The van der Waals surface area contributed by atoms with E-state index in [0.717, 1.165) is 31.4 Å². The topological polar surface area (TPSA) is 64.4 Å². The lowest BCUT2D eigenvalue weighted by molar-refractivity contribution is -0.122. The highest BCUT2D eigenvalue weighted by molar-refractivity contribution is 5.81. The molecule has 1 aromatic rings. The van der Waals surface area contributed by atoms with Crippen molar-refractivity contribution in [1.29, 1.82) is 0 Å². The first kappa shape index (κ1) is 15.5. The van der Waals surface area contributed by atoms with Gasteiger partial charge in [0.15, 0.2) is 0 Å². The lowest BCUT2D eigenvalue weighted by atomic mass is 10.1. The molecular weight excluding hydrogens is 240 g/mol. The molecule has 4 nitrogen and oxygen atoms in total. The highest BCUT2D eigenvalue weighted by Crippen LogP contribution is 2.11. The minimum Gasteiger partial charge on any atom is -0.497 e. The molecule has 1 rings (SSSR count). The number of hydrogen-bond acceptors (Lipinski definition) is 3. The van der Waals surface area contributed by atoms with Crippen molar-refractivity contribution < 1.29 is 9.53 Å². The number of rotatable bonds is 8. The first-order chi connectivity index (χ1) is 9.17. The summed E-state index contributed by atoms with van der Waals surface area (Å²) in [6, 6.07) is 7.47. The van der Waals surface area contributed by atoms with E-state index in [1.54, 1.807) is 7.11 Å². The summed E-state index contributed by atoms with van der Waals surface area (Å²) in [5, 5.41) is 2.87. The average molecular weight is 264 g/mol. The van der Waals surface area contributed by atoms with Crippen LogP contribution in [-0.4, -0.2) is 25.6 Å². The molecule has 19 heavy (non-hydrogen) atoms. The Morgan fingerprint density at radius 3 is 2.63 bits per heavy atom. The molecule has 0 spiro atoms. The van der Waals surface area contributed by atoms with E-state index < -0.39 is 0 Å². The zero-order valence-electron chi connectivity index (χ0n) is 11.8. The Kier molecular flexibility index (Phi) is 6.97. The molecule has 106 valence electrons. The summed E-state index contributed by atoms with van der Waals surface area (Å²) in [6.07, 6.45) is 3.61. The predicted octanol–water partition coefficient (Wildman–Crippen LogP) is 1.87. The fourth-order valence-electron chi connectivity index (χ4n) is 1.81. The van der Waals surface area contributed by atoms with Crippen LogP contribution in [0.15, 0.2) is 24.3 Å². The largest absolute Gasteiger partial charge is 0.497 e. The standard InChI is InChI=1S/C15H24N2O2/c1-3-4-5-14(16)15(18)17-11-10-12-6-8-13(19-2)9-7-12/h6-9,14H,3-5,10-11,16H2,1-2H3,(H,17,18)/t14-/m0/s1. The highest BCUT2D eigenvalue weighted by Gasteiger charge is 2.11. The van der Waals surface area contributed by atoms with Crippen LogP contribution in [0.5, 0.6) is 5.75 Å². The van der Waals surface area contributed by atoms with Crippen molar-refractivity contribution in [3.63, 3.8) is 0 Å². The Bertz CT molecular complexity index is 376. The monoisotopic (exact) mass is 264 g/mol. The summed E-state index contributed by atoms with van der Waals surface area (Å²) in [4.78, 5) is 11.7. The van der Waals surface area contributed by atoms with Gasteiger partial charge in [-0.15, -0.1) is 0 Å². The number of hydrogen-bond donors (Lipinski definition) is 2. The van der Waals surface area contributed by atoms with Gasteiger partial charge in [0.05, 0.1) is 13.2 Å². The number of benzene rings is 1. The maximum absolute atomic E-state index is 11.7. The Balaban J connectivity index is 2.27. The number of nitrogens with one attached hydrogen (secondary N) is 1. The highest BCUT2D eigenvalue weighted by atomic mass is 16.5. The number of unbranched alkanes of at least 4 members (excludes halogenated alkanes) is 1. The van der Waals surface area contributed by atoms with Gasteiger partial charge in [0.2, 0.25) is 5.91 Å². The normalized spacial score (nSPS) is 11.9. The summed E-state index contributed by atoms with van der Waals surface area (Å²) in [5.41, 5.74) is 6.96. The van der Waals surface area contributed by atoms with E-state index in [4.69, 9.17) is 10.5 Å². The second-order valence-corrected chi connectivity index (χ2v) is 4.64. The molecule has 1 atom stereocenters. The number of methoxy groups -OCH3 is 1. The van der Waals surface area contributed by atoms with Gasteiger partial charge in [-0.3, -0.25) is 4.79 Å². The number of nitrogens with two attached hydrogens (primary N) is 1. The van der Waals surface area contributed by atoms with Gasteiger partial charge < -0.3 is 15.8 Å². The maximum atomic E-state index is 11.7. The van der Waals surface area contributed by atoms with Crippen LogP contribution in [0, 0.1) is 0 Å². The van der Waals surface area contributed by atoms with Gasteiger partial charge in [-0.1, -0.05) is 31.9 Å². The molecule has 0 aromatic heterocycles.